The van der Waals surface area contributed by atoms with Crippen LogP contribution in [0.15, 0.2) is 53.3 Å². The first-order valence-corrected chi connectivity index (χ1v) is 6.79. The highest BCUT2D eigenvalue weighted by Gasteiger charge is 2.08. The molecule has 0 spiro atoms. The maximum atomic E-state index is 13.8. The molecule has 0 aliphatic carbocycles. The third-order valence-corrected chi connectivity index (χ3v) is 3.55. The van der Waals surface area contributed by atoms with Gasteiger partial charge in [-0.1, -0.05) is 22.0 Å². The van der Waals surface area contributed by atoms with Gasteiger partial charge >= 0.3 is 0 Å². The van der Waals surface area contributed by atoms with E-state index in [1.165, 1.54) is 6.07 Å². The summed E-state index contributed by atoms with van der Waals surface area (Å²) in [6, 6.07) is 10.3. The van der Waals surface area contributed by atoms with Crippen LogP contribution < -0.4 is 11.1 Å². The summed E-state index contributed by atoms with van der Waals surface area (Å²) in [5.74, 6) is -0.331. The van der Waals surface area contributed by atoms with Gasteiger partial charge in [0.2, 0.25) is 0 Å². The predicted octanol–water partition coefficient (Wildman–Crippen LogP) is 4.46. The molecule has 0 aliphatic heterocycles. The van der Waals surface area contributed by atoms with Crippen LogP contribution in [-0.4, -0.2) is 4.98 Å². The molecule has 0 amide bonds. The standard InChI is InChI=1S/C15H11BrFN3/c16-10-2-3-12(17)14(7-10)20-13-4-1-9-8-19-6-5-11(9)15(13)18/h1-8,20H,18H2. The van der Waals surface area contributed by atoms with Crippen LogP contribution in [0.1, 0.15) is 0 Å². The number of anilines is 3. The van der Waals surface area contributed by atoms with Crippen molar-refractivity contribution in [2.24, 2.45) is 0 Å². The summed E-state index contributed by atoms with van der Waals surface area (Å²) in [7, 11) is 0. The molecule has 3 aromatic rings. The lowest BCUT2D eigenvalue weighted by Crippen LogP contribution is -1.99. The van der Waals surface area contributed by atoms with Gasteiger partial charge < -0.3 is 11.1 Å². The number of benzene rings is 2. The topological polar surface area (TPSA) is 50.9 Å². The van der Waals surface area contributed by atoms with Crippen LogP contribution in [0.2, 0.25) is 0 Å². The Morgan fingerprint density at radius 3 is 2.80 bits per heavy atom. The Balaban J connectivity index is 2.07. The van der Waals surface area contributed by atoms with Crippen LogP contribution in [0, 0.1) is 5.82 Å². The largest absolute Gasteiger partial charge is 0.397 e. The van der Waals surface area contributed by atoms with E-state index >= 15 is 0 Å². The van der Waals surface area contributed by atoms with Gasteiger partial charge in [-0.05, 0) is 30.3 Å². The van der Waals surface area contributed by atoms with Crippen molar-refractivity contribution in [1.82, 2.24) is 4.98 Å². The summed E-state index contributed by atoms with van der Waals surface area (Å²) >= 11 is 3.32. The van der Waals surface area contributed by atoms with Crippen molar-refractivity contribution in [2.45, 2.75) is 0 Å². The Labute approximate surface area is 123 Å². The Hall–Kier alpha value is -2.14. The first-order chi connectivity index (χ1) is 9.65. The fourth-order valence-electron chi connectivity index (χ4n) is 2.04. The number of aromatic nitrogens is 1. The number of fused-ring (bicyclic) bond motifs is 1. The normalized spacial score (nSPS) is 10.7. The number of rotatable bonds is 2. The molecule has 3 N–H and O–H groups in total. The van der Waals surface area contributed by atoms with E-state index in [9.17, 15) is 4.39 Å². The van der Waals surface area contributed by atoms with Crippen LogP contribution >= 0.6 is 15.9 Å². The first kappa shape index (κ1) is 12.9. The Kier molecular flexibility index (Phi) is 3.28. The summed E-state index contributed by atoms with van der Waals surface area (Å²) in [5, 5.41) is 4.86. The molecule has 0 radical (unpaired) electrons. The summed E-state index contributed by atoms with van der Waals surface area (Å²) in [6.07, 6.45) is 3.43. The van der Waals surface area contributed by atoms with E-state index in [1.54, 1.807) is 24.5 Å². The van der Waals surface area contributed by atoms with E-state index < -0.39 is 0 Å². The molecule has 0 saturated carbocycles. The predicted molar refractivity (Wildman–Crippen MR) is 83.5 cm³/mol. The molecule has 0 saturated heterocycles. The number of nitrogens with two attached hydrogens (primary N) is 1. The Bertz CT molecular complexity index is 789. The molecule has 0 fully saturated rings. The maximum Gasteiger partial charge on any atom is 0.146 e. The molecule has 0 bridgehead atoms. The highest BCUT2D eigenvalue weighted by Crippen LogP contribution is 2.32. The second-order valence-corrected chi connectivity index (χ2v) is 5.29. The van der Waals surface area contributed by atoms with Gasteiger partial charge in [0, 0.05) is 27.6 Å². The van der Waals surface area contributed by atoms with Gasteiger partial charge in [0.1, 0.15) is 5.82 Å². The lowest BCUT2D eigenvalue weighted by Gasteiger charge is -2.12. The molecule has 2 aromatic carbocycles. The molecule has 0 unspecified atom stereocenters. The zero-order valence-corrected chi connectivity index (χ0v) is 12.0. The Morgan fingerprint density at radius 2 is 1.95 bits per heavy atom. The summed E-state index contributed by atoms with van der Waals surface area (Å²) in [4.78, 5) is 4.05. The van der Waals surface area contributed by atoms with Crippen LogP contribution in [-0.2, 0) is 0 Å². The van der Waals surface area contributed by atoms with Gasteiger partial charge in [-0.2, -0.15) is 0 Å². The van der Waals surface area contributed by atoms with Crippen molar-refractivity contribution in [3.8, 4) is 0 Å². The van der Waals surface area contributed by atoms with Crippen molar-refractivity contribution < 1.29 is 4.39 Å². The summed E-state index contributed by atoms with van der Waals surface area (Å²) < 4.78 is 14.6. The van der Waals surface area contributed by atoms with Gasteiger partial charge in [0.05, 0.1) is 17.1 Å². The first-order valence-electron chi connectivity index (χ1n) is 5.99. The lowest BCUT2D eigenvalue weighted by molar-refractivity contribution is 0.631. The second kappa shape index (κ2) is 5.09. The minimum atomic E-state index is -0.331. The molecule has 1 heterocycles. The van der Waals surface area contributed by atoms with Gasteiger partial charge in [0.25, 0.3) is 0 Å². The third-order valence-electron chi connectivity index (χ3n) is 3.06. The average Bonchev–Trinajstić information content (AvgIpc) is 2.46. The molecule has 1 aromatic heterocycles. The number of halogens is 2. The summed E-state index contributed by atoms with van der Waals surface area (Å²) in [6.45, 7) is 0. The molecular formula is C15H11BrFN3. The number of nitrogens with one attached hydrogen (secondary N) is 1. The quantitative estimate of drug-likeness (QED) is 0.681. The van der Waals surface area contributed by atoms with Gasteiger partial charge in [-0.3, -0.25) is 4.98 Å². The molecular weight excluding hydrogens is 321 g/mol. The number of nitrogens with zero attached hydrogens (tertiary/aromatic N) is 1. The molecule has 100 valence electrons. The number of pyridine rings is 1. The zero-order chi connectivity index (χ0) is 14.1. The highest BCUT2D eigenvalue weighted by molar-refractivity contribution is 9.10. The van der Waals surface area contributed by atoms with E-state index in [1.807, 2.05) is 18.2 Å². The average molecular weight is 332 g/mol. The van der Waals surface area contributed by atoms with Gasteiger partial charge in [-0.15, -0.1) is 0 Å². The molecule has 0 atom stereocenters. The van der Waals surface area contributed by atoms with E-state index in [4.69, 9.17) is 5.73 Å². The van der Waals surface area contributed by atoms with Gasteiger partial charge in [-0.25, -0.2) is 4.39 Å². The van der Waals surface area contributed by atoms with Crippen LogP contribution in [0.3, 0.4) is 0 Å². The molecule has 3 rings (SSSR count). The van der Waals surface area contributed by atoms with Crippen molar-refractivity contribution in [3.05, 3.63) is 59.1 Å². The molecule has 0 aliphatic rings. The van der Waals surface area contributed by atoms with Crippen molar-refractivity contribution in [3.63, 3.8) is 0 Å². The number of hydrogen-bond acceptors (Lipinski definition) is 3. The zero-order valence-electron chi connectivity index (χ0n) is 10.4. The number of hydrogen-bond donors (Lipinski definition) is 2. The van der Waals surface area contributed by atoms with Gasteiger partial charge in [0.15, 0.2) is 0 Å². The van der Waals surface area contributed by atoms with E-state index in [0.29, 0.717) is 17.1 Å². The third kappa shape index (κ3) is 2.32. The lowest BCUT2D eigenvalue weighted by atomic mass is 10.1. The van der Waals surface area contributed by atoms with Crippen molar-refractivity contribution in [2.75, 3.05) is 11.1 Å². The Morgan fingerprint density at radius 1 is 1.10 bits per heavy atom. The maximum absolute atomic E-state index is 13.8. The van der Waals surface area contributed by atoms with E-state index in [0.717, 1.165) is 15.2 Å². The molecule has 3 nitrogen and oxygen atoms in total. The SMILES string of the molecule is Nc1c(Nc2cc(Br)ccc2F)ccc2cnccc12. The minimum absolute atomic E-state index is 0.331. The van der Waals surface area contributed by atoms with Crippen molar-refractivity contribution in [1.29, 1.82) is 0 Å². The highest BCUT2D eigenvalue weighted by atomic mass is 79.9. The number of nitrogen functional groups attached to an aromatic ring is 1. The van der Waals surface area contributed by atoms with E-state index in [-0.39, 0.29) is 5.82 Å². The summed E-state index contributed by atoms with van der Waals surface area (Å²) in [5.41, 5.74) is 7.75. The fourth-order valence-corrected chi connectivity index (χ4v) is 2.40. The molecule has 20 heavy (non-hydrogen) atoms. The van der Waals surface area contributed by atoms with Crippen LogP contribution in [0.25, 0.3) is 10.8 Å². The van der Waals surface area contributed by atoms with Crippen molar-refractivity contribution >= 4 is 43.8 Å². The van der Waals surface area contributed by atoms with Crippen LogP contribution in [0.4, 0.5) is 21.5 Å². The smallest absolute Gasteiger partial charge is 0.146 e. The minimum Gasteiger partial charge on any atom is -0.397 e. The molecule has 5 heteroatoms. The second-order valence-electron chi connectivity index (χ2n) is 4.37. The fraction of sp³-hybridized carbons (Fsp3) is 0. The monoisotopic (exact) mass is 331 g/mol. The van der Waals surface area contributed by atoms with Crippen LogP contribution in [0.5, 0.6) is 0 Å². The van der Waals surface area contributed by atoms with E-state index in [2.05, 4.69) is 26.2 Å².